The normalized spacial score (nSPS) is 21.8. The molecule has 2 atom stereocenters. The molecule has 0 heterocycles. The highest BCUT2D eigenvalue weighted by molar-refractivity contribution is 6.50. The molecular weight excluding hydrogens is 612 g/mol. The zero-order valence-corrected chi connectivity index (χ0v) is 26.1. The van der Waals surface area contributed by atoms with Gasteiger partial charge in [0.2, 0.25) is 0 Å². The van der Waals surface area contributed by atoms with Gasteiger partial charge in [0.05, 0.1) is 37.1 Å². The predicted octanol–water partition coefficient (Wildman–Crippen LogP) is 4.28. The fourth-order valence-electron chi connectivity index (χ4n) is 7.09. The summed E-state index contributed by atoms with van der Waals surface area (Å²) < 4.78 is 11.6. The van der Waals surface area contributed by atoms with Crippen LogP contribution in [0.1, 0.15) is 46.2 Å². The lowest BCUT2D eigenvalue weighted by Crippen LogP contribution is -2.46. The molecule has 12 heteroatoms. The van der Waals surface area contributed by atoms with E-state index in [1.807, 2.05) is 0 Å². The van der Waals surface area contributed by atoms with Crippen LogP contribution in [0.15, 0.2) is 95.1 Å². The molecule has 0 bridgehead atoms. The number of hydrazone groups is 2. The summed E-state index contributed by atoms with van der Waals surface area (Å²) in [5.74, 6) is 9.54. The van der Waals surface area contributed by atoms with Crippen LogP contribution >= 0.6 is 0 Å². The van der Waals surface area contributed by atoms with Gasteiger partial charge in [-0.1, -0.05) is 72.8 Å². The van der Waals surface area contributed by atoms with Crippen LogP contribution in [0.5, 0.6) is 11.5 Å². The minimum Gasteiger partial charge on any atom is -0.496 e. The second-order valence-electron chi connectivity index (χ2n) is 11.6. The lowest BCUT2D eigenvalue weighted by Gasteiger charge is -2.37. The molecule has 4 aromatic carbocycles. The summed E-state index contributed by atoms with van der Waals surface area (Å²) in [7, 11) is 2.89. The number of nitrogens with zero attached hydrogens (tertiary/aromatic N) is 2. The van der Waals surface area contributed by atoms with Gasteiger partial charge in [0.1, 0.15) is 22.3 Å². The summed E-state index contributed by atoms with van der Waals surface area (Å²) in [6.45, 7) is 0. The topological polar surface area (TPSA) is 218 Å². The highest BCUT2D eigenvalue weighted by Gasteiger charge is 2.52. The Morgan fingerprint density at radius 2 is 1.02 bits per heavy atom. The van der Waals surface area contributed by atoms with Gasteiger partial charge < -0.3 is 31.4 Å². The number of nitrogens with one attached hydrogen (secondary N) is 2. The van der Waals surface area contributed by atoms with Crippen molar-refractivity contribution in [1.29, 1.82) is 10.8 Å². The minimum atomic E-state index is -1.65. The smallest absolute Gasteiger partial charge is 0.319 e. The number of carboxylic acid groups (broad SMARTS) is 2. The number of rotatable bonds is 7. The zero-order valence-electron chi connectivity index (χ0n) is 26.1. The standard InChI is InChI=1S/C36H32N6O6/c1-47-29-15-19(11-13-25(29)35(33(43)44)17-27(41-39)31(37)21-7-3-5-9-23(21)35)20-12-14-26(30(16-20)48-2)36(34(45)46)18-28(42-40)32(38)22-8-4-6-10-24(22)36/h3-16,37-38H,17-18,39-40H2,1-2H3,(H,43,44)(H,45,46). The molecule has 2 unspecified atom stereocenters. The van der Waals surface area contributed by atoms with E-state index in [0.717, 1.165) is 0 Å². The van der Waals surface area contributed by atoms with Gasteiger partial charge in [-0.2, -0.15) is 10.2 Å². The van der Waals surface area contributed by atoms with Crippen molar-refractivity contribution >= 4 is 34.8 Å². The number of fused-ring (bicyclic) bond motifs is 2. The first-order valence-electron chi connectivity index (χ1n) is 14.8. The van der Waals surface area contributed by atoms with Crippen molar-refractivity contribution in [2.75, 3.05) is 14.2 Å². The molecule has 0 saturated carbocycles. The van der Waals surface area contributed by atoms with Gasteiger partial charge in [-0.25, -0.2) is 0 Å². The Morgan fingerprint density at radius 3 is 1.35 bits per heavy atom. The van der Waals surface area contributed by atoms with Crippen LogP contribution in [0.3, 0.4) is 0 Å². The van der Waals surface area contributed by atoms with Crippen molar-refractivity contribution in [3.05, 3.63) is 118 Å². The van der Waals surface area contributed by atoms with Gasteiger partial charge in [-0.05, 0) is 34.4 Å². The van der Waals surface area contributed by atoms with Crippen molar-refractivity contribution in [3.8, 4) is 22.6 Å². The average molecular weight is 645 g/mol. The number of benzene rings is 4. The lowest BCUT2D eigenvalue weighted by atomic mass is 9.64. The number of methoxy groups -OCH3 is 2. The number of hydrogen-bond donors (Lipinski definition) is 6. The maximum absolute atomic E-state index is 13.2. The van der Waals surface area contributed by atoms with Crippen molar-refractivity contribution < 1.29 is 29.3 Å². The van der Waals surface area contributed by atoms with E-state index in [1.54, 1.807) is 84.9 Å². The molecule has 0 fully saturated rings. The quantitative estimate of drug-likeness (QED) is 0.126. The highest BCUT2D eigenvalue weighted by atomic mass is 16.5. The Bertz CT molecular complexity index is 1960. The van der Waals surface area contributed by atoms with Crippen molar-refractivity contribution in [2.45, 2.75) is 23.7 Å². The largest absolute Gasteiger partial charge is 0.496 e. The number of carboxylic acids is 2. The lowest BCUT2D eigenvalue weighted by molar-refractivity contribution is -0.143. The molecule has 0 spiro atoms. The van der Waals surface area contributed by atoms with Crippen LogP contribution in [0.4, 0.5) is 0 Å². The third-order valence-corrected chi connectivity index (χ3v) is 9.45. The monoisotopic (exact) mass is 644 g/mol. The van der Waals surface area contributed by atoms with Gasteiger partial charge in [-0.3, -0.25) is 20.4 Å². The Balaban J connectivity index is 1.51. The van der Waals surface area contributed by atoms with E-state index >= 15 is 0 Å². The fraction of sp³-hybridized carbons (Fsp3) is 0.167. The van der Waals surface area contributed by atoms with E-state index in [9.17, 15) is 19.8 Å². The van der Waals surface area contributed by atoms with Crippen LogP contribution in [0, 0.1) is 10.8 Å². The van der Waals surface area contributed by atoms with Crippen LogP contribution in [0.25, 0.3) is 11.1 Å². The molecule has 0 saturated heterocycles. The molecule has 6 rings (SSSR count). The first-order valence-corrected chi connectivity index (χ1v) is 14.8. The summed E-state index contributed by atoms with van der Waals surface area (Å²) in [4.78, 5) is 26.4. The van der Waals surface area contributed by atoms with E-state index < -0.39 is 22.8 Å². The minimum absolute atomic E-state index is 0.0640. The number of ether oxygens (including phenoxy) is 2. The van der Waals surface area contributed by atoms with Crippen LogP contribution in [0.2, 0.25) is 0 Å². The van der Waals surface area contributed by atoms with E-state index in [2.05, 4.69) is 10.2 Å². The number of hydrogen-bond acceptors (Lipinski definition) is 10. The summed E-state index contributed by atoms with van der Waals surface area (Å²) in [6, 6.07) is 23.9. The van der Waals surface area contributed by atoms with Crippen LogP contribution in [-0.2, 0) is 20.4 Å². The third-order valence-electron chi connectivity index (χ3n) is 9.45. The van der Waals surface area contributed by atoms with Crippen molar-refractivity contribution in [3.63, 3.8) is 0 Å². The van der Waals surface area contributed by atoms with E-state index in [1.165, 1.54) is 14.2 Å². The first kappa shape index (κ1) is 31.7. The van der Waals surface area contributed by atoms with Gasteiger partial charge in [0, 0.05) is 35.1 Å². The Hall–Kier alpha value is -6.30. The highest BCUT2D eigenvalue weighted by Crippen LogP contribution is 2.49. The fourth-order valence-corrected chi connectivity index (χ4v) is 7.09. The molecule has 0 aromatic heterocycles. The van der Waals surface area contributed by atoms with Crippen LogP contribution < -0.4 is 21.2 Å². The number of carbonyl (C=O) groups is 2. The second-order valence-corrected chi connectivity index (χ2v) is 11.6. The molecule has 12 nitrogen and oxygen atoms in total. The Morgan fingerprint density at radius 1 is 0.646 bits per heavy atom. The summed E-state index contributed by atoms with van der Waals surface area (Å²) in [6.07, 6.45) is -0.311. The molecule has 0 aliphatic heterocycles. The molecular formula is C36H32N6O6. The maximum Gasteiger partial charge on any atom is 0.319 e. The molecule has 242 valence electrons. The molecule has 0 amide bonds. The van der Waals surface area contributed by atoms with Gasteiger partial charge in [0.15, 0.2) is 0 Å². The van der Waals surface area contributed by atoms with E-state index in [4.69, 9.17) is 32.0 Å². The third kappa shape index (κ3) is 4.44. The molecule has 48 heavy (non-hydrogen) atoms. The number of nitrogens with two attached hydrogens (primary N) is 2. The van der Waals surface area contributed by atoms with E-state index in [-0.39, 0.29) is 47.2 Å². The average Bonchev–Trinajstić information content (AvgIpc) is 3.11. The molecule has 2 aliphatic carbocycles. The number of aliphatic carboxylic acids is 2. The molecule has 4 aromatic rings. The Labute approximate surface area is 275 Å². The van der Waals surface area contributed by atoms with Gasteiger partial charge in [-0.15, -0.1) is 0 Å². The van der Waals surface area contributed by atoms with Gasteiger partial charge >= 0.3 is 11.9 Å². The van der Waals surface area contributed by atoms with Gasteiger partial charge in [0.25, 0.3) is 0 Å². The van der Waals surface area contributed by atoms with Crippen molar-refractivity contribution in [1.82, 2.24) is 0 Å². The Kier molecular flexibility index (Phi) is 7.79. The zero-order chi connectivity index (χ0) is 34.4. The first-order chi connectivity index (χ1) is 23.1. The van der Waals surface area contributed by atoms with Crippen LogP contribution in [-0.4, -0.2) is 59.2 Å². The maximum atomic E-state index is 13.2. The summed E-state index contributed by atoms with van der Waals surface area (Å²) in [5, 5.41) is 46.3. The van der Waals surface area contributed by atoms with E-state index in [0.29, 0.717) is 44.5 Å². The second kappa shape index (κ2) is 11.8. The molecule has 2 aliphatic rings. The summed E-state index contributed by atoms with van der Waals surface area (Å²) in [5.41, 5.74) is 0.794. The predicted molar refractivity (Wildman–Crippen MR) is 181 cm³/mol. The van der Waals surface area contributed by atoms with Crippen molar-refractivity contribution in [2.24, 2.45) is 21.9 Å². The molecule has 8 N–H and O–H groups in total. The SMILES string of the molecule is COc1cc(-c2ccc(C3(C(=O)O)CC(=NN)C(=N)c4ccccc43)c(OC)c2)ccc1C1(C(=O)O)CC(=NN)C(=N)c2ccccc21. The molecule has 0 radical (unpaired) electrons. The summed E-state index contributed by atoms with van der Waals surface area (Å²) >= 11 is 0.